The third-order valence-corrected chi connectivity index (χ3v) is 6.29. The molecule has 1 aromatic heterocycles. The molecule has 0 unspecified atom stereocenters. The SMILES string of the molecule is Cc1cc(NS(=O)(=O)c2sccc2Br)ccc1F. The van der Waals surface area contributed by atoms with Crippen LogP contribution in [0.2, 0.25) is 0 Å². The van der Waals surface area contributed by atoms with Crippen LogP contribution in [0.3, 0.4) is 0 Å². The summed E-state index contributed by atoms with van der Waals surface area (Å²) in [6, 6.07) is 5.74. The maximum atomic E-state index is 13.1. The van der Waals surface area contributed by atoms with Crippen molar-refractivity contribution in [2.75, 3.05) is 4.72 Å². The Morgan fingerprint density at radius 3 is 2.61 bits per heavy atom. The first kappa shape index (κ1) is 13.5. The minimum absolute atomic E-state index is 0.199. The Labute approximate surface area is 117 Å². The molecule has 0 saturated carbocycles. The number of thiophene rings is 1. The number of nitrogens with one attached hydrogen (secondary N) is 1. The van der Waals surface area contributed by atoms with Gasteiger partial charge in [0.15, 0.2) is 4.21 Å². The van der Waals surface area contributed by atoms with Crippen molar-refractivity contribution in [1.29, 1.82) is 0 Å². The van der Waals surface area contributed by atoms with Crippen molar-refractivity contribution in [3.8, 4) is 0 Å². The van der Waals surface area contributed by atoms with E-state index >= 15 is 0 Å². The van der Waals surface area contributed by atoms with Crippen molar-refractivity contribution in [2.45, 2.75) is 11.1 Å². The van der Waals surface area contributed by atoms with E-state index in [4.69, 9.17) is 0 Å². The van der Waals surface area contributed by atoms with Crippen molar-refractivity contribution < 1.29 is 12.8 Å². The van der Waals surface area contributed by atoms with Gasteiger partial charge in [-0.1, -0.05) is 0 Å². The quantitative estimate of drug-likeness (QED) is 0.916. The summed E-state index contributed by atoms with van der Waals surface area (Å²) in [5.74, 6) is -0.366. The lowest BCUT2D eigenvalue weighted by Gasteiger charge is -2.08. The van der Waals surface area contributed by atoms with Crippen LogP contribution < -0.4 is 4.72 Å². The molecule has 0 saturated heterocycles. The minimum atomic E-state index is -3.63. The number of hydrogen-bond donors (Lipinski definition) is 1. The van der Waals surface area contributed by atoms with E-state index in [1.807, 2.05) is 0 Å². The van der Waals surface area contributed by atoms with Gasteiger partial charge in [0.1, 0.15) is 5.82 Å². The van der Waals surface area contributed by atoms with Gasteiger partial charge in [-0.3, -0.25) is 4.72 Å². The minimum Gasteiger partial charge on any atom is -0.279 e. The summed E-state index contributed by atoms with van der Waals surface area (Å²) in [7, 11) is -3.63. The van der Waals surface area contributed by atoms with Gasteiger partial charge in [-0.25, -0.2) is 12.8 Å². The molecule has 2 aromatic rings. The van der Waals surface area contributed by atoms with Crippen LogP contribution >= 0.6 is 27.3 Å². The van der Waals surface area contributed by atoms with E-state index < -0.39 is 10.0 Å². The summed E-state index contributed by atoms with van der Waals surface area (Å²) in [4.78, 5) is 0. The van der Waals surface area contributed by atoms with Crippen molar-refractivity contribution in [2.24, 2.45) is 0 Å². The topological polar surface area (TPSA) is 46.2 Å². The monoisotopic (exact) mass is 349 g/mol. The summed E-state index contributed by atoms with van der Waals surface area (Å²) in [5, 5.41) is 1.68. The van der Waals surface area contributed by atoms with Crippen molar-refractivity contribution >= 4 is 43.0 Å². The molecule has 2 rings (SSSR count). The molecular weight excluding hydrogens is 341 g/mol. The Balaban J connectivity index is 2.34. The first-order chi connectivity index (χ1) is 8.40. The smallest absolute Gasteiger partial charge is 0.272 e. The van der Waals surface area contributed by atoms with Crippen LogP contribution in [-0.4, -0.2) is 8.42 Å². The third kappa shape index (κ3) is 2.73. The summed E-state index contributed by atoms with van der Waals surface area (Å²) in [5.41, 5.74) is 0.731. The predicted octanol–water partition coefficient (Wildman–Crippen LogP) is 3.76. The Hall–Kier alpha value is -0.920. The van der Waals surface area contributed by atoms with Gasteiger partial charge >= 0.3 is 0 Å². The van der Waals surface area contributed by atoms with E-state index in [1.165, 1.54) is 18.2 Å². The zero-order chi connectivity index (χ0) is 13.3. The fourth-order valence-electron chi connectivity index (χ4n) is 1.38. The van der Waals surface area contributed by atoms with E-state index in [0.29, 0.717) is 15.7 Å². The maximum Gasteiger partial charge on any atom is 0.272 e. The lowest BCUT2D eigenvalue weighted by molar-refractivity contribution is 0.602. The molecule has 0 fully saturated rings. The molecule has 0 bridgehead atoms. The fourth-order valence-corrected chi connectivity index (χ4v) is 4.77. The average Bonchev–Trinajstić information content (AvgIpc) is 2.70. The number of halogens is 2. The van der Waals surface area contributed by atoms with Crippen LogP contribution in [0.4, 0.5) is 10.1 Å². The molecule has 3 nitrogen and oxygen atoms in total. The van der Waals surface area contributed by atoms with Gasteiger partial charge in [0.25, 0.3) is 10.0 Å². The van der Waals surface area contributed by atoms with Gasteiger partial charge in [-0.15, -0.1) is 11.3 Å². The predicted molar refractivity (Wildman–Crippen MR) is 74.0 cm³/mol. The molecule has 1 heterocycles. The molecule has 0 radical (unpaired) electrons. The van der Waals surface area contributed by atoms with Gasteiger partial charge in [0, 0.05) is 10.2 Å². The summed E-state index contributed by atoms with van der Waals surface area (Å²) >= 11 is 4.28. The summed E-state index contributed by atoms with van der Waals surface area (Å²) < 4.78 is 40.3. The van der Waals surface area contributed by atoms with E-state index in [2.05, 4.69) is 20.7 Å². The number of aryl methyl sites for hydroxylation is 1. The first-order valence-corrected chi connectivity index (χ1v) is 8.08. The van der Waals surface area contributed by atoms with Crippen molar-refractivity contribution in [3.05, 3.63) is 45.5 Å². The Morgan fingerprint density at radius 2 is 2.06 bits per heavy atom. The molecule has 0 amide bonds. The molecule has 7 heteroatoms. The second-order valence-corrected chi connectivity index (χ2v) is 7.27. The van der Waals surface area contributed by atoms with Crippen molar-refractivity contribution in [1.82, 2.24) is 0 Å². The maximum absolute atomic E-state index is 13.1. The zero-order valence-electron chi connectivity index (χ0n) is 9.28. The summed E-state index contributed by atoms with van der Waals surface area (Å²) in [6.45, 7) is 1.58. The first-order valence-electron chi connectivity index (χ1n) is 4.92. The van der Waals surface area contributed by atoms with Gasteiger partial charge < -0.3 is 0 Å². The van der Waals surface area contributed by atoms with Crippen LogP contribution in [0.5, 0.6) is 0 Å². The van der Waals surface area contributed by atoms with E-state index in [9.17, 15) is 12.8 Å². The van der Waals surface area contributed by atoms with E-state index in [-0.39, 0.29) is 10.0 Å². The highest BCUT2D eigenvalue weighted by molar-refractivity contribution is 9.10. The number of hydrogen-bond acceptors (Lipinski definition) is 3. The highest BCUT2D eigenvalue weighted by atomic mass is 79.9. The van der Waals surface area contributed by atoms with E-state index in [0.717, 1.165) is 11.3 Å². The zero-order valence-corrected chi connectivity index (χ0v) is 12.5. The van der Waals surface area contributed by atoms with Gasteiger partial charge in [0.2, 0.25) is 0 Å². The van der Waals surface area contributed by atoms with Crippen LogP contribution in [0.15, 0.2) is 38.3 Å². The molecule has 0 aliphatic rings. The Bertz CT molecular complexity index is 682. The van der Waals surface area contributed by atoms with Gasteiger partial charge in [-0.2, -0.15) is 0 Å². The number of sulfonamides is 1. The third-order valence-electron chi connectivity index (χ3n) is 2.24. The van der Waals surface area contributed by atoms with Gasteiger partial charge in [0.05, 0.1) is 0 Å². The van der Waals surface area contributed by atoms with Crippen LogP contribution in [0.1, 0.15) is 5.56 Å². The largest absolute Gasteiger partial charge is 0.279 e. The number of anilines is 1. The van der Waals surface area contributed by atoms with Crippen molar-refractivity contribution in [3.63, 3.8) is 0 Å². The number of benzene rings is 1. The van der Waals surface area contributed by atoms with E-state index in [1.54, 1.807) is 18.4 Å². The lowest BCUT2D eigenvalue weighted by atomic mass is 10.2. The lowest BCUT2D eigenvalue weighted by Crippen LogP contribution is -2.12. The Kier molecular flexibility index (Phi) is 3.74. The van der Waals surface area contributed by atoms with Crippen LogP contribution in [0.25, 0.3) is 0 Å². The molecule has 0 spiro atoms. The molecular formula is C11H9BrFNO2S2. The molecule has 0 aliphatic heterocycles. The molecule has 18 heavy (non-hydrogen) atoms. The van der Waals surface area contributed by atoms with Crippen LogP contribution in [-0.2, 0) is 10.0 Å². The molecule has 0 aliphatic carbocycles. The second kappa shape index (κ2) is 4.99. The Morgan fingerprint density at radius 1 is 1.33 bits per heavy atom. The highest BCUT2D eigenvalue weighted by Gasteiger charge is 2.19. The average molecular weight is 350 g/mol. The molecule has 1 aromatic carbocycles. The van der Waals surface area contributed by atoms with Gasteiger partial charge in [-0.05, 0) is 58.1 Å². The fraction of sp³-hybridized carbons (Fsp3) is 0.0909. The molecule has 96 valence electrons. The standard InChI is InChI=1S/C11H9BrFNO2S2/c1-7-6-8(2-3-10(7)13)14-18(15,16)11-9(12)4-5-17-11/h2-6,14H,1H3. The molecule has 1 N–H and O–H groups in total. The highest BCUT2D eigenvalue weighted by Crippen LogP contribution is 2.29. The normalized spacial score (nSPS) is 11.5. The summed E-state index contributed by atoms with van der Waals surface area (Å²) in [6.07, 6.45) is 0. The molecule has 0 atom stereocenters. The van der Waals surface area contributed by atoms with Crippen LogP contribution in [0, 0.1) is 12.7 Å². The number of rotatable bonds is 3. The second-order valence-electron chi connectivity index (χ2n) is 3.63.